The van der Waals surface area contributed by atoms with E-state index in [1.807, 2.05) is 50.2 Å². The molecule has 4 nitrogen and oxygen atoms in total. The highest BCUT2D eigenvalue weighted by molar-refractivity contribution is 7.90. The second-order valence-electron chi connectivity index (χ2n) is 7.57. The molecule has 3 aromatic carbocycles. The Balaban J connectivity index is 2.05. The van der Waals surface area contributed by atoms with Gasteiger partial charge in [0.1, 0.15) is 5.75 Å². The number of sulfone groups is 1. The van der Waals surface area contributed by atoms with Crippen LogP contribution >= 0.6 is 11.3 Å². The number of hydrogen-bond donors (Lipinski definition) is 0. The van der Waals surface area contributed by atoms with Crippen molar-refractivity contribution in [2.45, 2.75) is 18.7 Å². The predicted molar refractivity (Wildman–Crippen MR) is 128 cm³/mol. The molecule has 0 saturated heterocycles. The summed E-state index contributed by atoms with van der Waals surface area (Å²) in [5.74, 6) is 0.805. The third-order valence-corrected chi connectivity index (χ3v) is 7.64. The molecule has 0 spiro atoms. The lowest BCUT2D eigenvalue weighted by molar-refractivity contribution is 0.408. The van der Waals surface area contributed by atoms with Crippen molar-refractivity contribution in [1.29, 1.82) is 0 Å². The molecule has 0 amide bonds. The molecular weight excluding hydrogens is 428 g/mol. The van der Waals surface area contributed by atoms with Gasteiger partial charge in [0.05, 0.1) is 12.0 Å². The van der Waals surface area contributed by atoms with E-state index < -0.39 is 9.84 Å². The van der Waals surface area contributed by atoms with Gasteiger partial charge in [0.2, 0.25) is 0 Å². The first kappa shape index (κ1) is 21.3. The molecule has 0 aliphatic carbocycles. The van der Waals surface area contributed by atoms with Crippen LogP contribution in [0.15, 0.2) is 70.4 Å². The van der Waals surface area contributed by atoms with Crippen molar-refractivity contribution in [2.75, 3.05) is 13.4 Å². The van der Waals surface area contributed by atoms with Crippen LogP contribution in [0.1, 0.15) is 11.1 Å². The van der Waals surface area contributed by atoms with E-state index in [1.54, 1.807) is 31.4 Å². The molecule has 0 radical (unpaired) electrons. The van der Waals surface area contributed by atoms with Crippen molar-refractivity contribution in [2.24, 2.45) is 0 Å². The largest absolute Gasteiger partial charge is 0.496 e. The normalized spacial score (nSPS) is 11.6. The molecule has 0 fully saturated rings. The Morgan fingerprint density at radius 1 is 0.871 bits per heavy atom. The van der Waals surface area contributed by atoms with Crippen molar-refractivity contribution >= 4 is 31.3 Å². The van der Waals surface area contributed by atoms with Gasteiger partial charge in [0.25, 0.3) is 0 Å². The van der Waals surface area contributed by atoms with E-state index in [9.17, 15) is 13.2 Å². The Morgan fingerprint density at radius 2 is 1.48 bits per heavy atom. The number of methoxy groups -OCH3 is 1. The second-order valence-corrected chi connectivity index (χ2v) is 10.6. The molecule has 6 heteroatoms. The lowest BCUT2D eigenvalue weighted by Crippen LogP contribution is -2.07. The first-order valence-corrected chi connectivity index (χ1v) is 12.4. The zero-order valence-electron chi connectivity index (χ0n) is 17.7. The smallest absolute Gasteiger partial charge is 0.196 e. The Kier molecular flexibility index (Phi) is 5.45. The Hall–Kier alpha value is -2.96. The van der Waals surface area contributed by atoms with Crippen molar-refractivity contribution < 1.29 is 13.2 Å². The molecule has 0 atom stereocenters. The summed E-state index contributed by atoms with van der Waals surface area (Å²) >= 11 is 1.53. The van der Waals surface area contributed by atoms with Gasteiger partial charge in [-0.3, -0.25) is 4.79 Å². The topological polar surface area (TPSA) is 60.4 Å². The molecule has 158 valence electrons. The molecule has 4 aromatic rings. The van der Waals surface area contributed by atoms with Crippen LogP contribution in [-0.4, -0.2) is 21.8 Å². The maximum absolute atomic E-state index is 13.6. The summed E-state index contributed by atoms with van der Waals surface area (Å²) < 4.78 is 30.1. The van der Waals surface area contributed by atoms with Gasteiger partial charge in [-0.25, -0.2) is 8.42 Å². The van der Waals surface area contributed by atoms with Gasteiger partial charge in [0, 0.05) is 26.8 Å². The molecule has 31 heavy (non-hydrogen) atoms. The standard InChI is InChI=1S/C25H22O4S2/c1-15-13-18(14-16(2)24(15)29-3)22-23(26)20-7-5-6-8-21(20)30-25(22)17-9-11-19(12-10-17)31(4,27)28/h5-14H,1-4H3. The van der Waals surface area contributed by atoms with E-state index in [0.29, 0.717) is 10.9 Å². The van der Waals surface area contributed by atoms with Crippen LogP contribution in [0.25, 0.3) is 31.7 Å². The fourth-order valence-corrected chi connectivity index (χ4v) is 5.71. The molecule has 4 rings (SSSR count). The minimum atomic E-state index is -3.30. The van der Waals surface area contributed by atoms with E-state index in [4.69, 9.17) is 4.74 Å². The van der Waals surface area contributed by atoms with E-state index in [2.05, 4.69) is 0 Å². The summed E-state index contributed by atoms with van der Waals surface area (Å²) in [6.45, 7) is 3.93. The van der Waals surface area contributed by atoms with E-state index in [-0.39, 0.29) is 10.3 Å². The number of hydrogen-bond acceptors (Lipinski definition) is 5. The maximum Gasteiger partial charge on any atom is 0.196 e. The maximum atomic E-state index is 13.6. The van der Waals surface area contributed by atoms with Gasteiger partial charge in [-0.2, -0.15) is 0 Å². The lowest BCUT2D eigenvalue weighted by Gasteiger charge is -2.15. The van der Waals surface area contributed by atoms with Gasteiger partial charge >= 0.3 is 0 Å². The lowest BCUT2D eigenvalue weighted by atomic mass is 9.96. The minimum Gasteiger partial charge on any atom is -0.496 e. The molecule has 0 N–H and O–H groups in total. The predicted octanol–water partition coefficient (Wildman–Crippen LogP) is 5.62. The van der Waals surface area contributed by atoms with Gasteiger partial charge in [0.15, 0.2) is 15.3 Å². The van der Waals surface area contributed by atoms with Crippen molar-refractivity contribution in [3.63, 3.8) is 0 Å². The highest BCUT2D eigenvalue weighted by Crippen LogP contribution is 2.39. The molecule has 0 bridgehead atoms. The van der Waals surface area contributed by atoms with Crippen LogP contribution in [0.5, 0.6) is 5.75 Å². The summed E-state index contributed by atoms with van der Waals surface area (Å²) in [7, 11) is -1.66. The first-order valence-electron chi connectivity index (χ1n) is 9.72. The molecular formula is C25H22O4S2. The van der Waals surface area contributed by atoms with Crippen molar-refractivity contribution in [3.8, 4) is 27.3 Å². The monoisotopic (exact) mass is 450 g/mol. The quantitative estimate of drug-likeness (QED) is 0.405. The van der Waals surface area contributed by atoms with Gasteiger partial charge in [-0.05, 0) is 72.5 Å². The van der Waals surface area contributed by atoms with Crippen molar-refractivity contribution in [1.82, 2.24) is 0 Å². The third kappa shape index (κ3) is 3.89. The summed E-state index contributed by atoms with van der Waals surface area (Å²) in [5, 5.41) is 0.671. The molecule has 1 aromatic heterocycles. The summed E-state index contributed by atoms with van der Waals surface area (Å²) in [6.07, 6.45) is 1.19. The minimum absolute atomic E-state index is 0.0412. The number of rotatable bonds is 4. The van der Waals surface area contributed by atoms with Crippen LogP contribution in [0.2, 0.25) is 0 Å². The molecule has 0 aliphatic rings. The fourth-order valence-electron chi connectivity index (χ4n) is 3.88. The highest BCUT2D eigenvalue weighted by Gasteiger charge is 2.18. The average Bonchev–Trinajstić information content (AvgIpc) is 2.73. The Labute approximate surface area is 185 Å². The Morgan fingerprint density at radius 3 is 2.06 bits per heavy atom. The summed E-state index contributed by atoms with van der Waals surface area (Å²) in [4.78, 5) is 14.7. The zero-order chi connectivity index (χ0) is 22.3. The molecule has 1 heterocycles. The van der Waals surface area contributed by atoms with Crippen molar-refractivity contribution in [3.05, 3.63) is 82.0 Å². The van der Waals surface area contributed by atoms with Crippen LogP contribution in [0.3, 0.4) is 0 Å². The number of aryl methyl sites for hydroxylation is 2. The SMILES string of the molecule is COc1c(C)cc(-c2c(-c3ccc(S(C)(=O)=O)cc3)sc3ccccc3c2=O)cc1C. The van der Waals surface area contributed by atoms with E-state index >= 15 is 0 Å². The van der Waals surface area contributed by atoms with Crippen LogP contribution in [0.4, 0.5) is 0 Å². The first-order chi connectivity index (χ1) is 14.7. The van der Waals surface area contributed by atoms with E-state index in [0.717, 1.165) is 37.6 Å². The van der Waals surface area contributed by atoms with Crippen LogP contribution in [-0.2, 0) is 9.84 Å². The molecule has 0 unspecified atom stereocenters. The van der Waals surface area contributed by atoms with Gasteiger partial charge < -0.3 is 4.74 Å². The molecule has 0 saturated carbocycles. The number of fused-ring (bicyclic) bond motifs is 1. The third-order valence-electron chi connectivity index (χ3n) is 5.30. The van der Waals surface area contributed by atoms with Gasteiger partial charge in [-0.15, -0.1) is 11.3 Å². The Bertz CT molecular complexity index is 1440. The second kappa shape index (κ2) is 7.94. The highest BCUT2D eigenvalue weighted by atomic mass is 32.2. The fraction of sp³-hybridized carbons (Fsp3) is 0.160. The number of ether oxygens (including phenoxy) is 1. The zero-order valence-corrected chi connectivity index (χ0v) is 19.4. The number of benzene rings is 3. The van der Waals surface area contributed by atoms with Crippen LogP contribution < -0.4 is 10.2 Å². The average molecular weight is 451 g/mol. The molecule has 0 aliphatic heterocycles. The van der Waals surface area contributed by atoms with Gasteiger partial charge in [-0.1, -0.05) is 24.3 Å². The summed E-state index contributed by atoms with van der Waals surface area (Å²) in [5.41, 5.74) is 4.11. The summed E-state index contributed by atoms with van der Waals surface area (Å²) in [6, 6.07) is 18.2. The van der Waals surface area contributed by atoms with E-state index in [1.165, 1.54) is 17.6 Å². The van der Waals surface area contributed by atoms with Crippen LogP contribution in [0, 0.1) is 13.8 Å².